The van der Waals surface area contributed by atoms with Crippen LogP contribution in [0.3, 0.4) is 0 Å². The lowest BCUT2D eigenvalue weighted by Crippen LogP contribution is -2.41. The Morgan fingerprint density at radius 1 is 1.17 bits per heavy atom. The fourth-order valence-corrected chi connectivity index (χ4v) is 3.69. The number of nitrogens with one attached hydrogen (secondary N) is 1. The van der Waals surface area contributed by atoms with Crippen molar-refractivity contribution in [1.82, 2.24) is 14.9 Å². The number of terminal acetylenes is 1. The maximum Gasteiger partial charge on any atom is 0.326 e. The standard InChI is InChI=1S/C26H26N4O6/c1-4-13-30(15-17-5-10-21-20(14-17)25(34)29(3)16(2)27-21)19-8-6-18(7-9-19)24(33)28-22(26(35)36)11-12-23(31)32/h1,5-10,14,22H,11-13,15H2,2-3H3,(H,28,33)(H,31,32)(H,35,36)/t22-/m0/s1. The molecule has 0 bridgehead atoms. The maximum atomic E-state index is 12.7. The van der Waals surface area contributed by atoms with Gasteiger partial charge in [0.25, 0.3) is 11.5 Å². The second-order valence-electron chi connectivity index (χ2n) is 8.28. The molecule has 0 radical (unpaired) electrons. The molecule has 36 heavy (non-hydrogen) atoms. The van der Waals surface area contributed by atoms with Gasteiger partial charge in [-0.05, 0) is 55.3 Å². The van der Waals surface area contributed by atoms with Gasteiger partial charge in [-0.1, -0.05) is 12.0 Å². The van der Waals surface area contributed by atoms with E-state index in [4.69, 9.17) is 11.5 Å². The summed E-state index contributed by atoms with van der Waals surface area (Å²) in [5, 5.41) is 20.9. The van der Waals surface area contributed by atoms with Crippen molar-refractivity contribution in [3.8, 4) is 12.3 Å². The number of carboxylic acids is 2. The first kappa shape index (κ1) is 26.0. The number of carbonyl (C=O) groups excluding carboxylic acids is 1. The molecule has 3 aromatic rings. The Hall–Kier alpha value is -4.65. The van der Waals surface area contributed by atoms with Gasteiger partial charge in [-0.2, -0.15) is 0 Å². The van der Waals surface area contributed by atoms with Gasteiger partial charge in [-0.25, -0.2) is 9.78 Å². The molecule has 0 aliphatic rings. The Bertz CT molecular complexity index is 1400. The highest BCUT2D eigenvalue weighted by atomic mass is 16.4. The molecule has 10 heteroatoms. The Balaban J connectivity index is 1.79. The summed E-state index contributed by atoms with van der Waals surface area (Å²) in [5.74, 6) is 0.143. The first-order chi connectivity index (χ1) is 17.1. The number of carboxylic acid groups (broad SMARTS) is 2. The zero-order valence-corrected chi connectivity index (χ0v) is 19.9. The number of rotatable bonds is 10. The molecule has 0 spiro atoms. The Kier molecular flexibility index (Phi) is 8.07. The molecule has 1 heterocycles. The summed E-state index contributed by atoms with van der Waals surface area (Å²) in [4.78, 5) is 53.6. The summed E-state index contributed by atoms with van der Waals surface area (Å²) in [7, 11) is 1.67. The third-order valence-electron chi connectivity index (χ3n) is 5.76. The van der Waals surface area contributed by atoms with E-state index in [2.05, 4.69) is 16.2 Å². The fourth-order valence-electron chi connectivity index (χ4n) is 3.69. The number of aryl methyl sites for hydroxylation is 1. The minimum atomic E-state index is -1.31. The first-order valence-electron chi connectivity index (χ1n) is 11.1. The molecule has 0 aliphatic heterocycles. The summed E-state index contributed by atoms with van der Waals surface area (Å²) >= 11 is 0. The first-order valence-corrected chi connectivity index (χ1v) is 11.1. The van der Waals surface area contributed by atoms with Crippen LogP contribution < -0.4 is 15.8 Å². The van der Waals surface area contributed by atoms with E-state index < -0.39 is 23.9 Å². The number of nitrogens with zero attached hydrogens (tertiary/aromatic N) is 3. The number of aliphatic carboxylic acids is 2. The van der Waals surface area contributed by atoms with Gasteiger partial charge >= 0.3 is 11.9 Å². The van der Waals surface area contributed by atoms with Crippen LogP contribution in [-0.4, -0.2) is 50.2 Å². The fraction of sp³-hybridized carbons (Fsp3) is 0.269. The van der Waals surface area contributed by atoms with Crippen molar-refractivity contribution < 1.29 is 24.6 Å². The normalized spacial score (nSPS) is 11.5. The SMILES string of the molecule is C#CCN(Cc1ccc2nc(C)n(C)c(=O)c2c1)c1ccc(C(=O)N[C@@H](CCC(=O)O)C(=O)O)cc1. The summed E-state index contributed by atoms with van der Waals surface area (Å²) < 4.78 is 1.49. The number of fused-ring (bicyclic) bond motifs is 1. The molecule has 0 saturated heterocycles. The number of hydrogen-bond donors (Lipinski definition) is 3. The van der Waals surface area contributed by atoms with Crippen molar-refractivity contribution in [2.45, 2.75) is 32.4 Å². The molecule has 3 rings (SSSR count). The van der Waals surface area contributed by atoms with Gasteiger partial charge in [0.15, 0.2) is 0 Å². The van der Waals surface area contributed by atoms with Crippen molar-refractivity contribution >= 4 is 34.4 Å². The van der Waals surface area contributed by atoms with E-state index in [0.717, 1.165) is 11.3 Å². The molecular formula is C26H26N4O6. The molecule has 186 valence electrons. The molecule has 10 nitrogen and oxygen atoms in total. The van der Waals surface area contributed by atoms with Crippen molar-refractivity contribution in [3.63, 3.8) is 0 Å². The van der Waals surface area contributed by atoms with Crippen LogP contribution in [0, 0.1) is 19.3 Å². The molecule has 0 saturated carbocycles. The summed E-state index contributed by atoms with van der Waals surface area (Å²) in [6, 6.07) is 10.6. The van der Waals surface area contributed by atoms with Gasteiger partial charge in [0.1, 0.15) is 11.9 Å². The highest BCUT2D eigenvalue weighted by Gasteiger charge is 2.22. The third kappa shape index (κ3) is 6.07. The predicted molar refractivity (Wildman–Crippen MR) is 134 cm³/mol. The van der Waals surface area contributed by atoms with E-state index in [1.807, 2.05) is 11.0 Å². The van der Waals surface area contributed by atoms with Crippen LogP contribution in [0.15, 0.2) is 47.3 Å². The van der Waals surface area contributed by atoms with Crippen molar-refractivity contribution in [2.75, 3.05) is 11.4 Å². The van der Waals surface area contributed by atoms with Crippen LogP contribution in [0.1, 0.15) is 34.6 Å². The highest BCUT2D eigenvalue weighted by Crippen LogP contribution is 2.20. The van der Waals surface area contributed by atoms with Crippen molar-refractivity contribution in [2.24, 2.45) is 7.05 Å². The summed E-state index contributed by atoms with van der Waals surface area (Å²) in [6.45, 7) is 2.44. The van der Waals surface area contributed by atoms with Gasteiger partial charge in [0, 0.05) is 31.3 Å². The molecule has 3 N–H and O–H groups in total. The minimum Gasteiger partial charge on any atom is -0.481 e. The van der Waals surface area contributed by atoms with Crippen LogP contribution in [0.5, 0.6) is 0 Å². The molecule has 2 aromatic carbocycles. The molecule has 1 atom stereocenters. The van der Waals surface area contributed by atoms with Crippen molar-refractivity contribution in [1.29, 1.82) is 0 Å². The maximum absolute atomic E-state index is 12.7. The van der Waals surface area contributed by atoms with Gasteiger partial charge in [-0.15, -0.1) is 6.42 Å². The van der Waals surface area contributed by atoms with E-state index in [1.54, 1.807) is 38.2 Å². The van der Waals surface area contributed by atoms with E-state index in [0.29, 0.717) is 23.3 Å². The number of aromatic nitrogens is 2. The third-order valence-corrected chi connectivity index (χ3v) is 5.76. The quantitative estimate of drug-likeness (QED) is 0.366. The second-order valence-corrected chi connectivity index (χ2v) is 8.28. The Labute approximate surface area is 207 Å². The largest absolute Gasteiger partial charge is 0.481 e. The van der Waals surface area contributed by atoms with Crippen LogP contribution in [-0.2, 0) is 23.2 Å². The summed E-state index contributed by atoms with van der Waals surface area (Å²) in [6.07, 6.45) is 4.96. The molecular weight excluding hydrogens is 464 g/mol. The minimum absolute atomic E-state index is 0.138. The van der Waals surface area contributed by atoms with Crippen LogP contribution in [0.25, 0.3) is 10.9 Å². The van der Waals surface area contributed by atoms with Crippen LogP contribution >= 0.6 is 0 Å². The smallest absolute Gasteiger partial charge is 0.326 e. The number of amides is 1. The average Bonchev–Trinajstić information content (AvgIpc) is 2.85. The average molecular weight is 491 g/mol. The summed E-state index contributed by atoms with van der Waals surface area (Å²) in [5.41, 5.74) is 2.27. The molecule has 0 fully saturated rings. The predicted octanol–water partition coefficient (Wildman–Crippen LogP) is 1.93. The molecule has 0 aliphatic carbocycles. The highest BCUT2D eigenvalue weighted by molar-refractivity contribution is 5.97. The lowest BCUT2D eigenvalue weighted by molar-refractivity contribution is -0.140. The molecule has 0 unspecified atom stereocenters. The van der Waals surface area contributed by atoms with Gasteiger partial charge in [0.2, 0.25) is 0 Å². The van der Waals surface area contributed by atoms with E-state index in [9.17, 15) is 24.3 Å². The van der Waals surface area contributed by atoms with Gasteiger partial charge < -0.3 is 20.4 Å². The Morgan fingerprint density at radius 3 is 2.47 bits per heavy atom. The van der Waals surface area contributed by atoms with E-state index in [1.165, 1.54) is 16.7 Å². The van der Waals surface area contributed by atoms with Crippen LogP contribution in [0.4, 0.5) is 5.69 Å². The van der Waals surface area contributed by atoms with E-state index in [-0.39, 0.29) is 30.5 Å². The lowest BCUT2D eigenvalue weighted by atomic mass is 10.1. The molecule has 1 amide bonds. The number of carbonyl (C=O) groups is 3. The van der Waals surface area contributed by atoms with Gasteiger partial charge in [0.05, 0.1) is 17.4 Å². The van der Waals surface area contributed by atoms with E-state index >= 15 is 0 Å². The monoisotopic (exact) mass is 490 g/mol. The Morgan fingerprint density at radius 2 is 1.86 bits per heavy atom. The van der Waals surface area contributed by atoms with Crippen molar-refractivity contribution in [3.05, 3.63) is 69.8 Å². The topological polar surface area (TPSA) is 142 Å². The molecule has 1 aromatic heterocycles. The number of hydrogen-bond acceptors (Lipinski definition) is 6. The number of benzene rings is 2. The van der Waals surface area contributed by atoms with Crippen LogP contribution in [0.2, 0.25) is 0 Å². The zero-order valence-electron chi connectivity index (χ0n) is 19.9. The zero-order chi connectivity index (χ0) is 26.4. The number of anilines is 1. The lowest BCUT2D eigenvalue weighted by Gasteiger charge is -2.23. The second kappa shape index (κ2) is 11.2. The van der Waals surface area contributed by atoms with Gasteiger partial charge in [-0.3, -0.25) is 19.0 Å².